The molecule has 0 unspecified atom stereocenters. The third kappa shape index (κ3) is 5.37. The Balaban J connectivity index is 2.06. The van der Waals surface area contributed by atoms with E-state index >= 15 is 0 Å². The Kier molecular flexibility index (Phi) is 8.01. The quantitative estimate of drug-likeness (QED) is 0.213. The number of benzene rings is 4. The summed E-state index contributed by atoms with van der Waals surface area (Å²) in [6.45, 7) is 15.7. The first-order chi connectivity index (χ1) is 18.2. The summed E-state index contributed by atoms with van der Waals surface area (Å²) in [5.74, 6) is -0.313. The second kappa shape index (κ2) is 10.7. The lowest BCUT2D eigenvalue weighted by atomic mass is 9.88. The van der Waals surface area contributed by atoms with Crippen LogP contribution >= 0.6 is 0 Å². The molecule has 5 nitrogen and oxygen atoms in total. The summed E-state index contributed by atoms with van der Waals surface area (Å²) < 4.78 is 62.1. The maximum atomic E-state index is 14.2. The zero-order valence-corrected chi connectivity index (χ0v) is 25.6. The molecule has 0 spiro atoms. The Bertz CT molecular complexity index is 1630. The molecule has 208 valence electrons. The molecule has 4 aromatic carbocycles. The molecule has 0 aliphatic carbocycles. The molecule has 0 aromatic heterocycles. The van der Waals surface area contributed by atoms with Crippen LogP contribution in [0.4, 0.5) is 0 Å². The summed E-state index contributed by atoms with van der Waals surface area (Å²) in [5, 5.41) is 2.34. The highest BCUT2D eigenvalue weighted by atomic mass is 32.3. The number of hydrogen-bond donors (Lipinski definition) is 0. The highest BCUT2D eigenvalue weighted by Gasteiger charge is 2.36. The van der Waals surface area contributed by atoms with Crippen LogP contribution in [-0.4, -0.2) is 16.8 Å². The van der Waals surface area contributed by atoms with E-state index in [9.17, 15) is 16.8 Å². The largest absolute Gasteiger partial charge is 0.312 e. The fourth-order valence-corrected chi connectivity index (χ4v) is 9.22. The SMILES string of the molecule is CC(C)c1cc2ccccc2c(S(=O)(=O)OS(=O)(=O)c2c(C(C)C)c(C(C)C)cc3ccccc23)c1C(C)C. The van der Waals surface area contributed by atoms with Crippen molar-refractivity contribution in [3.8, 4) is 0 Å². The number of rotatable bonds is 8. The van der Waals surface area contributed by atoms with Gasteiger partial charge in [0.15, 0.2) is 0 Å². The van der Waals surface area contributed by atoms with Gasteiger partial charge in [-0.1, -0.05) is 116 Å². The number of hydrogen-bond acceptors (Lipinski definition) is 5. The summed E-state index contributed by atoms with van der Waals surface area (Å²) in [5.41, 5.74) is 2.89. The number of fused-ring (bicyclic) bond motifs is 2. The van der Waals surface area contributed by atoms with E-state index in [4.69, 9.17) is 3.63 Å². The molecule has 4 rings (SSSR count). The third-order valence-corrected chi connectivity index (χ3v) is 10.5. The summed E-state index contributed by atoms with van der Waals surface area (Å²) in [6, 6.07) is 18.3. The summed E-state index contributed by atoms with van der Waals surface area (Å²) in [4.78, 5) is -0.142. The minimum atomic E-state index is -4.76. The van der Waals surface area contributed by atoms with Gasteiger partial charge in [0.25, 0.3) is 0 Å². The first kappa shape index (κ1) is 29.2. The van der Waals surface area contributed by atoms with E-state index in [0.29, 0.717) is 21.9 Å². The van der Waals surface area contributed by atoms with Gasteiger partial charge in [0, 0.05) is 10.8 Å². The summed E-state index contributed by atoms with van der Waals surface area (Å²) in [7, 11) is -9.51. The molecule has 0 saturated heterocycles. The van der Waals surface area contributed by atoms with Gasteiger partial charge in [0.2, 0.25) is 0 Å². The fraction of sp³-hybridized carbons (Fsp3) is 0.375. The van der Waals surface area contributed by atoms with Gasteiger partial charge in [-0.25, -0.2) is 0 Å². The first-order valence-electron chi connectivity index (χ1n) is 13.5. The average molecular weight is 567 g/mol. The van der Waals surface area contributed by atoms with E-state index in [-0.39, 0.29) is 33.5 Å². The second-order valence-corrected chi connectivity index (χ2v) is 14.6. The summed E-state index contributed by atoms with van der Waals surface area (Å²) in [6.07, 6.45) is 0. The predicted octanol–water partition coefficient (Wildman–Crippen LogP) is 8.58. The van der Waals surface area contributed by atoms with Crippen LogP contribution in [0.3, 0.4) is 0 Å². The van der Waals surface area contributed by atoms with Gasteiger partial charge >= 0.3 is 20.2 Å². The molecule has 0 radical (unpaired) electrons. The molecule has 0 saturated carbocycles. The first-order valence-corrected chi connectivity index (χ1v) is 16.3. The Morgan fingerprint density at radius 1 is 0.513 bits per heavy atom. The highest BCUT2D eigenvalue weighted by Crippen LogP contribution is 2.42. The van der Waals surface area contributed by atoms with Gasteiger partial charge in [-0.2, -0.15) is 16.8 Å². The molecule has 7 heteroatoms. The lowest BCUT2D eigenvalue weighted by Crippen LogP contribution is -2.20. The van der Waals surface area contributed by atoms with Crippen molar-refractivity contribution in [2.45, 2.75) is 88.9 Å². The molecule has 0 N–H and O–H groups in total. The normalized spacial score (nSPS) is 13.0. The van der Waals surface area contributed by atoms with Crippen molar-refractivity contribution in [1.82, 2.24) is 0 Å². The van der Waals surface area contributed by atoms with Crippen LogP contribution in [0.25, 0.3) is 21.5 Å². The minimum absolute atomic E-state index is 0.0248. The van der Waals surface area contributed by atoms with Gasteiger partial charge in [0.1, 0.15) is 9.79 Å². The maximum Gasteiger partial charge on any atom is 0.312 e. The van der Waals surface area contributed by atoms with Crippen LogP contribution in [0.15, 0.2) is 70.5 Å². The van der Waals surface area contributed by atoms with Gasteiger partial charge in [-0.15, -0.1) is 3.63 Å². The van der Waals surface area contributed by atoms with E-state index in [2.05, 4.69) is 0 Å². The minimum Gasteiger partial charge on any atom is -0.193 e. The smallest absolute Gasteiger partial charge is 0.193 e. The molecule has 39 heavy (non-hydrogen) atoms. The lowest BCUT2D eigenvalue weighted by Gasteiger charge is -2.24. The molecule has 0 aliphatic rings. The monoisotopic (exact) mass is 566 g/mol. The topological polar surface area (TPSA) is 77.5 Å². The molecule has 0 heterocycles. The van der Waals surface area contributed by atoms with Crippen LogP contribution < -0.4 is 0 Å². The van der Waals surface area contributed by atoms with Crippen molar-refractivity contribution >= 4 is 41.8 Å². The van der Waals surface area contributed by atoms with Crippen molar-refractivity contribution in [2.75, 3.05) is 0 Å². The van der Waals surface area contributed by atoms with Crippen LogP contribution in [0.1, 0.15) is 101 Å². The Morgan fingerprint density at radius 3 is 1.15 bits per heavy atom. The van der Waals surface area contributed by atoms with Crippen molar-refractivity contribution in [1.29, 1.82) is 0 Å². The average Bonchev–Trinajstić information content (AvgIpc) is 2.85. The maximum absolute atomic E-state index is 14.2. The van der Waals surface area contributed by atoms with E-state index in [1.54, 1.807) is 24.3 Å². The van der Waals surface area contributed by atoms with E-state index in [0.717, 1.165) is 21.9 Å². The Labute approximate surface area is 233 Å². The fourth-order valence-electron chi connectivity index (χ4n) is 5.57. The van der Waals surface area contributed by atoms with Crippen molar-refractivity contribution < 1.29 is 20.5 Å². The molecule has 4 aromatic rings. The Morgan fingerprint density at radius 2 is 0.846 bits per heavy atom. The zero-order valence-electron chi connectivity index (χ0n) is 23.9. The molecule has 0 fully saturated rings. The van der Waals surface area contributed by atoms with Crippen LogP contribution in [0, 0.1) is 0 Å². The van der Waals surface area contributed by atoms with Crippen LogP contribution in [0.2, 0.25) is 0 Å². The molecular formula is C32H38O5S2. The second-order valence-electron chi connectivity index (χ2n) is 11.5. The van der Waals surface area contributed by atoms with Crippen LogP contribution in [-0.2, 0) is 23.9 Å². The predicted molar refractivity (Wildman–Crippen MR) is 160 cm³/mol. The molecule has 0 amide bonds. The molecule has 0 atom stereocenters. The molecular weight excluding hydrogens is 528 g/mol. The molecule has 0 bridgehead atoms. The van der Waals surface area contributed by atoms with Gasteiger partial charge in [-0.05, 0) is 56.7 Å². The van der Waals surface area contributed by atoms with Crippen molar-refractivity contribution in [2.24, 2.45) is 0 Å². The standard InChI is InChI=1S/C32H38O5S2/c1-19(2)27-17-23-13-9-11-15-25(23)31(29(27)21(5)6)38(33,34)37-39(35,36)32-26-16-12-10-14-24(26)18-28(20(3)4)30(32)22(7)8/h9-22H,1-8H3. The van der Waals surface area contributed by atoms with Gasteiger partial charge in [-0.3, -0.25) is 0 Å². The zero-order chi connectivity index (χ0) is 28.9. The lowest BCUT2D eigenvalue weighted by molar-refractivity contribution is 0.460. The van der Waals surface area contributed by atoms with Gasteiger partial charge < -0.3 is 0 Å². The van der Waals surface area contributed by atoms with E-state index in [1.807, 2.05) is 91.8 Å². The Hall–Kier alpha value is -2.74. The van der Waals surface area contributed by atoms with E-state index in [1.165, 1.54) is 0 Å². The molecule has 0 aliphatic heterocycles. The van der Waals surface area contributed by atoms with Crippen molar-refractivity contribution in [3.63, 3.8) is 0 Å². The summed E-state index contributed by atoms with van der Waals surface area (Å²) >= 11 is 0. The van der Waals surface area contributed by atoms with Gasteiger partial charge in [0.05, 0.1) is 0 Å². The van der Waals surface area contributed by atoms with Crippen molar-refractivity contribution in [3.05, 3.63) is 82.9 Å². The van der Waals surface area contributed by atoms with Crippen LogP contribution in [0.5, 0.6) is 0 Å². The highest BCUT2D eigenvalue weighted by molar-refractivity contribution is 8.00. The third-order valence-electron chi connectivity index (χ3n) is 7.22. The van der Waals surface area contributed by atoms with E-state index < -0.39 is 20.2 Å².